The van der Waals surface area contributed by atoms with E-state index >= 15 is 0 Å². The number of aryl methyl sites for hydroxylation is 1. The van der Waals surface area contributed by atoms with E-state index in [1.807, 2.05) is 45.2 Å². The Bertz CT molecular complexity index is 1370. The van der Waals surface area contributed by atoms with Crippen LogP contribution in [0.3, 0.4) is 0 Å². The molecule has 1 aliphatic heterocycles. The Labute approximate surface area is 212 Å². The minimum Gasteiger partial charge on any atom is -0.362 e. The average Bonchev–Trinajstić information content (AvgIpc) is 3.17. The van der Waals surface area contributed by atoms with Crippen molar-refractivity contribution >= 4 is 33.4 Å². The van der Waals surface area contributed by atoms with Crippen LogP contribution < -0.4 is 10.6 Å². The number of aromatic nitrogens is 3. The van der Waals surface area contributed by atoms with E-state index in [2.05, 4.69) is 48.8 Å². The van der Waals surface area contributed by atoms with E-state index in [0.717, 1.165) is 32.7 Å². The molecule has 3 heterocycles. The third-order valence-electron chi connectivity index (χ3n) is 6.90. The fourth-order valence-electron chi connectivity index (χ4n) is 5.04. The Morgan fingerprint density at radius 2 is 1.89 bits per heavy atom. The van der Waals surface area contributed by atoms with Crippen LogP contribution in [-0.4, -0.2) is 26.5 Å². The summed E-state index contributed by atoms with van der Waals surface area (Å²) in [6.45, 7) is 3.86. The van der Waals surface area contributed by atoms with Crippen molar-refractivity contribution < 1.29 is 9.59 Å². The average molecular weight is 532 g/mol. The first-order valence-corrected chi connectivity index (χ1v) is 12.3. The summed E-state index contributed by atoms with van der Waals surface area (Å²) in [6, 6.07) is 13.7. The second-order valence-corrected chi connectivity index (χ2v) is 9.97. The molecule has 35 heavy (non-hydrogen) atoms. The second-order valence-electron chi connectivity index (χ2n) is 9.05. The van der Waals surface area contributed by atoms with E-state index in [0.29, 0.717) is 29.8 Å². The van der Waals surface area contributed by atoms with Gasteiger partial charge in [0.15, 0.2) is 5.78 Å². The van der Waals surface area contributed by atoms with Crippen LogP contribution in [0.4, 0.5) is 5.82 Å². The Balaban J connectivity index is 1.57. The zero-order valence-corrected chi connectivity index (χ0v) is 21.4. The van der Waals surface area contributed by atoms with Gasteiger partial charge in [0.25, 0.3) is 5.91 Å². The lowest BCUT2D eigenvalue weighted by atomic mass is 9.71. The summed E-state index contributed by atoms with van der Waals surface area (Å²) in [5.41, 5.74) is 5.72. The molecule has 0 saturated heterocycles. The highest BCUT2D eigenvalue weighted by Gasteiger charge is 2.42. The molecule has 1 aromatic carbocycles. The molecule has 0 saturated carbocycles. The maximum atomic E-state index is 13.7. The molecule has 178 valence electrons. The largest absolute Gasteiger partial charge is 0.362 e. The van der Waals surface area contributed by atoms with Gasteiger partial charge in [-0.2, -0.15) is 5.10 Å². The Morgan fingerprint density at radius 3 is 2.54 bits per heavy atom. The van der Waals surface area contributed by atoms with Crippen LogP contribution in [0.25, 0.3) is 0 Å². The number of benzene rings is 1. The monoisotopic (exact) mass is 531 g/mol. The van der Waals surface area contributed by atoms with E-state index in [9.17, 15) is 9.59 Å². The molecule has 0 bridgehead atoms. The van der Waals surface area contributed by atoms with Gasteiger partial charge in [-0.25, -0.2) is 4.98 Å². The zero-order valence-electron chi connectivity index (χ0n) is 19.8. The number of allylic oxidation sites excluding steroid dienone is 3. The van der Waals surface area contributed by atoms with Crippen LogP contribution >= 0.6 is 15.9 Å². The lowest BCUT2D eigenvalue weighted by Gasteiger charge is -2.36. The molecule has 2 aliphatic rings. The summed E-state index contributed by atoms with van der Waals surface area (Å²) in [7, 11) is 1.87. The number of carbonyl (C=O) groups excluding carboxylic acids is 2. The van der Waals surface area contributed by atoms with Crippen molar-refractivity contribution in [2.75, 3.05) is 5.32 Å². The van der Waals surface area contributed by atoms with E-state index in [-0.39, 0.29) is 17.6 Å². The van der Waals surface area contributed by atoms with Crippen molar-refractivity contribution in [3.63, 3.8) is 0 Å². The first kappa shape index (κ1) is 23.2. The van der Waals surface area contributed by atoms with Gasteiger partial charge >= 0.3 is 0 Å². The van der Waals surface area contributed by atoms with E-state index < -0.39 is 5.92 Å². The summed E-state index contributed by atoms with van der Waals surface area (Å²) in [4.78, 5) is 31.6. The van der Waals surface area contributed by atoms with Crippen molar-refractivity contribution in [3.05, 3.63) is 98.7 Å². The lowest BCUT2D eigenvalue weighted by molar-refractivity contribution is -0.116. The molecule has 0 radical (unpaired) electrons. The van der Waals surface area contributed by atoms with Gasteiger partial charge in [-0.3, -0.25) is 14.3 Å². The van der Waals surface area contributed by atoms with E-state index in [4.69, 9.17) is 0 Å². The summed E-state index contributed by atoms with van der Waals surface area (Å²) >= 11 is 3.37. The summed E-state index contributed by atoms with van der Waals surface area (Å²) in [5, 5.41) is 10.8. The molecular weight excluding hydrogens is 506 g/mol. The fraction of sp³-hybridized carbons (Fsp3) is 0.259. The van der Waals surface area contributed by atoms with Crippen molar-refractivity contribution in [2.24, 2.45) is 7.05 Å². The predicted molar refractivity (Wildman–Crippen MR) is 138 cm³/mol. The van der Waals surface area contributed by atoms with Crippen molar-refractivity contribution in [1.82, 2.24) is 20.1 Å². The number of halogens is 1. The number of Topliss-reactive ketones (excluding diaryl/α,β-unsaturated/α-hetero) is 1. The van der Waals surface area contributed by atoms with Crippen LogP contribution in [0.5, 0.6) is 0 Å². The molecule has 1 amide bonds. The van der Waals surface area contributed by atoms with Crippen molar-refractivity contribution in [2.45, 2.75) is 38.5 Å². The first-order chi connectivity index (χ1) is 16.8. The highest BCUT2D eigenvalue weighted by molar-refractivity contribution is 9.10. The van der Waals surface area contributed by atoms with E-state index in [1.54, 1.807) is 23.1 Å². The minimum atomic E-state index is -0.500. The smallest absolute Gasteiger partial charge is 0.255 e. The van der Waals surface area contributed by atoms with Crippen molar-refractivity contribution in [3.8, 4) is 0 Å². The summed E-state index contributed by atoms with van der Waals surface area (Å²) < 4.78 is 2.60. The number of ketones is 1. The third kappa shape index (κ3) is 4.34. The van der Waals surface area contributed by atoms with Gasteiger partial charge < -0.3 is 10.6 Å². The number of hydrogen-bond donors (Lipinski definition) is 2. The van der Waals surface area contributed by atoms with Crippen LogP contribution in [-0.2, 0) is 16.6 Å². The molecule has 2 atom stereocenters. The summed E-state index contributed by atoms with van der Waals surface area (Å²) in [6.07, 6.45) is 4.52. The highest BCUT2D eigenvalue weighted by Crippen LogP contribution is 2.46. The maximum Gasteiger partial charge on any atom is 0.255 e. The number of nitrogens with one attached hydrogen (secondary N) is 2. The van der Waals surface area contributed by atoms with Gasteiger partial charge in [-0.05, 0) is 59.8 Å². The number of carbonyl (C=O) groups is 2. The summed E-state index contributed by atoms with van der Waals surface area (Å²) in [5.74, 6) is -0.192. The number of rotatable bonds is 4. The molecule has 5 rings (SSSR count). The first-order valence-electron chi connectivity index (χ1n) is 11.5. The van der Waals surface area contributed by atoms with Gasteiger partial charge in [-0.1, -0.05) is 30.3 Å². The lowest BCUT2D eigenvalue weighted by Crippen LogP contribution is -2.37. The number of hydrogen-bond acceptors (Lipinski definition) is 5. The molecule has 0 fully saturated rings. The van der Waals surface area contributed by atoms with Gasteiger partial charge in [0, 0.05) is 63.9 Å². The molecule has 2 aromatic heterocycles. The molecule has 1 aliphatic carbocycles. The molecular formula is C27H26BrN5O2. The Hall–Kier alpha value is -3.52. The molecule has 7 nitrogen and oxygen atoms in total. The normalized spacial score (nSPS) is 19.9. The fourth-order valence-corrected chi connectivity index (χ4v) is 5.28. The standard InChI is InChI=1S/C27H26BrN5O2/c1-15-24(27(35)32-23-10-9-19(28)13-29-23)25(20-14-30-33(3)16(20)2)26-21(31-15)11-18(12-22(26)34)17-7-5-4-6-8-17/h4-10,13-14,18,25,31H,11-12H2,1-3H3,(H,29,32,35)/t18-,25-/m0/s1. The number of amides is 1. The molecule has 8 heteroatoms. The van der Waals surface area contributed by atoms with Crippen molar-refractivity contribution in [1.29, 1.82) is 0 Å². The number of nitrogens with zero attached hydrogens (tertiary/aromatic N) is 3. The molecule has 0 unspecified atom stereocenters. The zero-order chi connectivity index (χ0) is 24.7. The maximum absolute atomic E-state index is 13.7. The van der Waals surface area contributed by atoms with Crippen LogP contribution in [0.1, 0.15) is 48.4 Å². The van der Waals surface area contributed by atoms with Crippen LogP contribution in [0, 0.1) is 6.92 Å². The van der Waals surface area contributed by atoms with Crippen LogP contribution in [0.15, 0.2) is 81.9 Å². The minimum absolute atomic E-state index is 0.0559. The molecule has 0 spiro atoms. The van der Waals surface area contributed by atoms with Gasteiger partial charge in [0.05, 0.1) is 6.20 Å². The number of dihydropyridines is 1. The molecule has 2 N–H and O–H groups in total. The number of anilines is 1. The highest BCUT2D eigenvalue weighted by atomic mass is 79.9. The predicted octanol–water partition coefficient (Wildman–Crippen LogP) is 4.89. The second kappa shape index (κ2) is 9.26. The Kier molecular flexibility index (Phi) is 6.15. The SMILES string of the molecule is CC1=C(C(=O)Nc2ccc(Br)cn2)[C@H](c2cnn(C)c2C)C2=C(C[C@H](c3ccccc3)CC2=O)N1. The van der Waals surface area contributed by atoms with E-state index in [1.165, 1.54) is 0 Å². The quantitative estimate of drug-likeness (QED) is 0.500. The van der Waals surface area contributed by atoms with Gasteiger partial charge in [-0.15, -0.1) is 0 Å². The van der Waals surface area contributed by atoms with Gasteiger partial charge in [0.1, 0.15) is 5.82 Å². The Morgan fingerprint density at radius 1 is 1.11 bits per heavy atom. The topological polar surface area (TPSA) is 88.9 Å². The van der Waals surface area contributed by atoms with Crippen LogP contribution in [0.2, 0.25) is 0 Å². The number of pyridine rings is 1. The third-order valence-corrected chi connectivity index (χ3v) is 7.37. The van der Waals surface area contributed by atoms with Gasteiger partial charge in [0.2, 0.25) is 0 Å². The molecule has 3 aromatic rings.